The van der Waals surface area contributed by atoms with Crippen LogP contribution in [-0.4, -0.2) is 29.5 Å². The molecule has 0 unspecified atom stereocenters. The van der Waals surface area contributed by atoms with Crippen LogP contribution in [0.15, 0.2) is 54.7 Å². The van der Waals surface area contributed by atoms with Gasteiger partial charge in [0.1, 0.15) is 12.4 Å². The lowest BCUT2D eigenvalue weighted by molar-refractivity contribution is 0.306. The van der Waals surface area contributed by atoms with Crippen molar-refractivity contribution in [1.29, 1.82) is 0 Å². The Morgan fingerprint density at radius 3 is 2.67 bits per heavy atom. The fourth-order valence-corrected chi connectivity index (χ4v) is 3.48. The second kappa shape index (κ2) is 7.10. The number of aromatic amines is 1. The summed E-state index contributed by atoms with van der Waals surface area (Å²) in [6.45, 7) is 4.28. The molecule has 0 atom stereocenters. The summed E-state index contributed by atoms with van der Waals surface area (Å²) in [5.41, 5.74) is 3.78. The number of fused-ring (bicyclic) bond motifs is 1. The molecule has 0 bridgehead atoms. The first-order chi connectivity index (χ1) is 11.9. The van der Waals surface area contributed by atoms with E-state index in [1.807, 2.05) is 24.3 Å². The van der Waals surface area contributed by atoms with E-state index in [0.717, 1.165) is 18.7 Å². The van der Waals surface area contributed by atoms with E-state index in [-0.39, 0.29) is 0 Å². The molecule has 0 radical (unpaired) electrons. The zero-order chi connectivity index (χ0) is 16.2. The van der Waals surface area contributed by atoms with Crippen molar-refractivity contribution < 1.29 is 4.74 Å². The molecule has 124 valence electrons. The summed E-state index contributed by atoms with van der Waals surface area (Å²) in [7, 11) is 0. The Balaban J connectivity index is 1.45. The van der Waals surface area contributed by atoms with Crippen LogP contribution in [0.25, 0.3) is 10.9 Å². The molecule has 1 aromatic heterocycles. The third kappa shape index (κ3) is 3.46. The molecule has 4 rings (SSSR count). The SMILES string of the molecule is c1ccc(COc2ccc3[nH]cc(CCN4CCCC4)c3c2)cc1. The molecule has 1 fully saturated rings. The minimum Gasteiger partial charge on any atom is -0.489 e. The van der Waals surface area contributed by atoms with E-state index < -0.39 is 0 Å². The van der Waals surface area contributed by atoms with Crippen LogP contribution >= 0.6 is 0 Å². The molecule has 0 amide bonds. The zero-order valence-electron chi connectivity index (χ0n) is 14.0. The van der Waals surface area contributed by atoms with Gasteiger partial charge in [0.05, 0.1) is 0 Å². The Kier molecular flexibility index (Phi) is 4.52. The van der Waals surface area contributed by atoms with Gasteiger partial charge in [-0.05, 0) is 61.7 Å². The van der Waals surface area contributed by atoms with Crippen molar-refractivity contribution in [2.45, 2.75) is 25.9 Å². The molecule has 1 aliphatic heterocycles. The van der Waals surface area contributed by atoms with Gasteiger partial charge in [0.25, 0.3) is 0 Å². The molecular formula is C21H24N2O. The number of H-pyrrole nitrogens is 1. The lowest BCUT2D eigenvalue weighted by Crippen LogP contribution is -2.21. The Labute approximate surface area is 143 Å². The van der Waals surface area contributed by atoms with Gasteiger partial charge in [-0.2, -0.15) is 0 Å². The van der Waals surface area contributed by atoms with Crippen molar-refractivity contribution in [3.05, 3.63) is 65.9 Å². The van der Waals surface area contributed by atoms with Crippen molar-refractivity contribution in [3.8, 4) is 5.75 Å². The van der Waals surface area contributed by atoms with Gasteiger partial charge in [-0.15, -0.1) is 0 Å². The molecule has 24 heavy (non-hydrogen) atoms. The van der Waals surface area contributed by atoms with Gasteiger partial charge in [-0.1, -0.05) is 30.3 Å². The highest BCUT2D eigenvalue weighted by Crippen LogP contribution is 2.25. The number of hydrogen-bond acceptors (Lipinski definition) is 2. The van der Waals surface area contributed by atoms with Gasteiger partial charge in [0, 0.05) is 23.6 Å². The molecule has 2 aromatic carbocycles. The summed E-state index contributed by atoms with van der Waals surface area (Å²) in [5, 5.41) is 1.29. The minimum atomic E-state index is 0.611. The van der Waals surface area contributed by atoms with Crippen LogP contribution in [0.1, 0.15) is 24.0 Å². The van der Waals surface area contributed by atoms with E-state index in [9.17, 15) is 0 Å². The van der Waals surface area contributed by atoms with Crippen LogP contribution in [0.4, 0.5) is 0 Å². The number of nitrogens with one attached hydrogen (secondary N) is 1. The normalized spacial score (nSPS) is 15.2. The van der Waals surface area contributed by atoms with Gasteiger partial charge in [0.15, 0.2) is 0 Å². The number of aromatic nitrogens is 1. The molecule has 1 N–H and O–H groups in total. The fraction of sp³-hybridized carbons (Fsp3) is 0.333. The van der Waals surface area contributed by atoms with Crippen LogP contribution in [0, 0.1) is 0 Å². The smallest absolute Gasteiger partial charge is 0.120 e. The molecule has 1 aliphatic rings. The predicted octanol–water partition coefficient (Wildman–Crippen LogP) is 4.39. The monoisotopic (exact) mass is 320 g/mol. The number of nitrogens with zero attached hydrogens (tertiary/aromatic N) is 1. The topological polar surface area (TPSA) is 28.3 Å². The van der Waals surface area contributed by atoms with Crippen LogP contribution in [0.2, 0.25) is 0 Å². The van der Waals surface area contributed by atoms with E-state index in [1.165, 1.54) is 48.0 Å². The van der Waals surface area contributed by atoms with Crippen molar-refractivity contribution in [2.24, 2.45) is 0 Å². The van der Waals surface area contributed by atoms with E-state index in [4.69, 9.17) is 4.74 Å². The summed E-state index contributed by atoms with van der Waals surface area (Å²) >= 11 is 0. The number of rotatable bonds is 6. The maximum absolute atomic E-state index is 5.98. The Hall–Kier alpha value is -2.26. The molecule has 1 saturated heterocycles. The standard InChI is InChI=1S/C21H24N2O/c1-2-6-17(7-3-1)16-24-19-8-9-21-20(14-19)18(15-22-21)10-13-23-11-4-5-12-23/h1-3,6-9,14-15,22H,4-5,10-13,16H2. The molecular weight excluding hydrogens is 296 g/mol. The van der Waals surface area contributed by atoms with Gasteiger partial charge in [-0.25, -0.2) is 0 Å². The van der Waals surface area contributed by atoms with Crippen LogP contribution in [-0.2, 0) is 13.0 Å². The molecule has 3 nitrogen and oxygen atoms in total. The van der Waals surface area contributed by atoms with Crippen molar-refractivity contribution in [2.75, 3.05) is 19.6 Å². The first-order valence-corrected chi connectivity index (χ1v) is 8.87. The fourth-order valence-electron chi connectivity index (χ4n) is 3.48. The molecule has 0 spiro atoms. The van der Waals surface area contributed by atoms with Crippen LogP contribution in [0.5, 0.6) is 5.75 Å². The second-order valence-corrected chi connectivity index (χ2v) is 6.59. The molecule has 0 aliphatic carbocycles. The number of benzene rings is 2. The Morgan fingerprint density at radius 1 is 1.00 bits per heavy atom. The largest absolute Gasteiger partial charge is 0.489 e. The van der Waals surface area contributed by atoms with Crippen LogP contribution in [0.3, 0.4) is 0 Å². The first-order valence-electron chi connectivity index (χ1n) is 8.87. The maximum atomic E-state index is 5.98. The zero-order valence-corrected chi connectivity index (χ0v) is 14.0. The van der Waals surface area contributed by atoms with Gasteiger partial charge in [-0.3, -0.25) is 0 Å². The van der Waals surface area contributed by atoms with Crippen LogP contribution < -0.4 is 4.74 Å². The predicted molar refractivity (Wildman–Crippen MR) is 98.5 cm³/mol. The quantitative estimate of drug-likeness (QED) is 0.730. The maximum Gasteiger partial charge on any atom is 0.120 e. The highest BCUT2D eigenvalue weighted by atomic mass is 16.5. The van der Waals surface area contributed by atoms with E-state index in [0.29, 0.717) is 6.61 Å². The highest BCUT2D eigenvalue weighted by Gasteiger charge is 2.12. The summed E-state index contributed by atoms with van der Waals surface area (Å²) in [6, 6.07) is 16.7. The summed E-state index contributed by atoms with van der Waals surface area (Å²) in [5.74, 6) is 0.938. The van der Waals surface area contributed by atoms with Gasteiger partial charge >= 0.3 is 0 Å². The molecule has 3 aromatic rings. The van der Waals surface area contributed by atoms with Gasteiger partial charge < -0.3 is 14.6 Å². The molecule has 2 heterocycles. The highest BCUT2D eigenvalue weighted by molar-refractivity contribution is 5.84. The third-order valence-corrected chi connectivity index (χ3v) is 4.88. The lowest BCUT2D eigenvalue weighted by Gasteiger charge is -2.13. The Morgan fingerprint density at radius 2 is 1.83 bits per heavy atom. The van der Waals surface area contributed by atoms with E-state index in [1.54, 1.807) is 0 Å². The van der Waals surface area contributed by atoms with Crippen molar-refractivity contribution in [1.82, 2.24) is 9.88 Å². The van der Waals surface area contributed by atoms with Crippen molar-refractivity contribution in [3.63, 3.8) is 0 Å². The summed E-state index contributed by atoms with van der Waals surface area (Å²) in [6.07, 6.45) is 5.96. The summed E-state index contributed by atoms with van der Waals surface area (Å²) < 4.78 is 5.98. The number of ether oxygens (including phenoxy) is 1. The van der Waals surface area contributed by atoms with E-state index in [2.05, 4.69) is 40.3 Å². The van der Waals surface area contributed by atoms with Crippen molar-refractivity contribution >= 4 is 10.9 Å². The number of hydrogen-bond donors (Lipinski definition) is 1. The molecule has 0 saturated carbocycles. The molecule has 3 heteroatoms. The average molecular weight is 320 g/mol. The number of likely N-dealkylation sites (tertiary alicyclic amines) is 1. The first kappa shape index (κ1) is 15.3. The van der Waals surface area contributed by atoms with E-state index >= 15 is 0 Å². The second-order valence-electron chi connectivity index (χ2n) is 6.59. The lowest BCUT2D eigenvalue weighted by atomic mass is 10.1. The van der Waals surface area contributed by atoms with Gasteiger partial charge in [0.2, 0.25) is 0 Å². The summed E-state index contributed by atoms with van der Waals surface area (Å²) in [4.78, 5) is 5.95. The average Bonchev–Trinajstić information content (AvgIpc) is 3.28. The minimum absolute atomic E-state index is 0.611. The Bertz CT molecular complexity index is 788. The third-order valence-electron chi connectivity index (χ3n) is 4.88.